The second kappa shape index (κ2) is 8.40. The van der Waals surface area contributed by atoms with Crippen LogP contribution in [0.1, 0.15) is 40.5 Å². The highest BCUT2D eigenvalue weighted by atomic mass is 16.5. The van der Waals surface area contributed by atoms with Crippen LogP contribution in [0.4, 0.5) is 0 Å². The Hall–Kier alpha value is -2.92. The molecule has 144 valence electrons. The summed E-state index contributed by atoms with van der Waals surface area (Å²) in [5, 5.41) is 0. The van der Waals surface area contributed by atoms with E-state index in [-0.39, 0.29) is 18.0 Å². The Morgan fingerprint density at radius 3 is 2.11 bits per heavy atom. The molecule has 1 aromatic heterocycles. The molecular weight excluding hydrogens is 350 g/mol. The van der Waals surface area contributed by atoms with Gasteiger partial charge in [0.25, 0.3) is 5.91 Å². The summed E-state index contributed by atoms with van der Waals surface area (Å²) in [6.45, 7) is 1.35. The molecule has 1 fully saturated rings. The fraction of sp³-hybridized carbons (Fsp3) is 0.304. The molecule has 0 saturated carbocycles. The summed E-state index contributed by atoms with van der Waals surface area (Å²) in [7, 11) is 1.88. The molecule has 28 heavy (non-hydrogen) atoms. The van der Waals surface area contributed by atoms with Gasteiger partial charge in [0.15, 0.2) is 0 Å². The quantitative estimate of drug-likeness (QED) is 0.681. The number of nitrogens with zero attached hydrogens (tertiary/aromatic N) is 3. The van der Waals surface area contributed by atoms with Crippen molar-refractivity contribution in [3.63, 3.8) is 0 Å². The largest absolute Gasteiger partial charge is 0.381 e. The van der Waals surface area contributed by atoms with Crippen molar-refractivity contribution < 1.29 is 9.53 Å². The van der Waals surface area contributed by atoms with Crippen LogP contribution >= 0.6 is 0 Å². The monoisotopic (exact) mass is 375 g/mol. The SMILES string of the molecule is Cn1cnc(C(=O)N(C2CCOCC2)C(c2ccccc2)c2ccccc2)c1. The molecule has 0 spiro atoms. The normalized spacial score (nSPS) is 14.9. The van der Waals surface area contributed by atoms with E-state index in [9.17, 15) is 4.79 Å². The smallest absolute Gasteiger partial charge is 0.275 e. The zero-order chi connectivity index (χ0) is 19.3. The fourth-order valence-corrected chi connectivity index (χ4v) is 3.90. The van der Waals surface area contributed by atoms with Crippen LogP contribution in [0.25, 0.3) is 0 Å². The number of rotatable bonds is 5. The van der Waals surface area contributed by atoms with Crippen molar-refractivity contribution in [3.8, 4) is 0 Å². The number of ether oxygens (including phenoxy) is 1. The van der Waals surface area contributed by atoms with Gasteiger partial charge in [0.1, 0.15) is 5.69 Å². The molecule has 0 unspecified atom stereocenters. The summed E-state index contributed by atoms with van der Waals surface area (Å²) < 4.78 is 7.39. The van der Waals surface area contributed by atoms with Crippen molar-refractivity contribution >= 4 is 5.91 Å². The van der Waals surface area contributed by atoms with E-state index in [1.165, 1.54) is 0 Å². The molecule has 0 aliphatic carbocycles. The molecule has 1 aliphatic heterocycles. The van der Waals surface area contributed by atoms with E-state index in [2.05, 4.69) is 29.2 Å². The van der Waals surface area contributed by atoms with Crippen molar-refractivity contribution in [3.05, 3.63) is 90.0 Å². The predicted octanol–water partition coefficient (Wildman–Crippen LogP) is 3.83. The molecule has 1 aliphatic rings. The van der Waals surface area contributed by atoms with Gasteiger partial charge in [-0.05, 0) is 24.0 Å². The Bertz CT molecular complexity index is 862. The summed E-state index contributed by atoms with van der Waals surface area (Å²) in [6, 6.07) is 20.4. The Kier molecular flexibility index (Phi) is 5.53. The lowest BCUT2D eigenvalue weighted by Gasteiger charge is -2.40. The molecule has 2 aromatic carbocycles. The van der Waals surface area contributed by atoms with Crippen LogP contribution in [0.15, 0.2) is 73.2 Å². The van der Waals surface area contributed by atoms with E-state index in [1.807, 2.05) is 52.9 Å². The zero-order valence-electron chi connectivity index (χ0n) is 16.1. The topological polar surface area (TPSA) is 47.4 Å². The lowest BCUT2D eigenvalue weighted by molar-refractivity contribution is 0.0202. The highest BCUT2D eigenvalue weighted by Crippen LogP contribution is 2.34. The molecule has 0 radical (unpaired) electrons. The first-order valence-corrected chi connectivity index (χ1v) is 9.72. The molecular formula is C23H25N3O2. The van der Waals surface area contributed by atoms with E-state index >= 15 is 0 Å². The van der Waals surface area contributed by atoms with Crippen LogP contribution in [0, 0.1) is 0 Å². The summed E-state index contributed by atoms with van der Waals surface area (Å²) in [4.78, 5) is 20.0. The molecule has 5 nitrogen and oxygen atoms in total. The van der Waals surface area contributed by atoms with Gasteiger partial charge in [-0.2, -0.15) is 0 Å². The maximum absolute atomic E-state index is 13.7. The van der Waals surface area contributed by atoms with Gasteiger partial charge in [0, 0.05) is 32.5 Å². The first-order valence-electron chi connectivity index (χ1n) is 9.72. The van der Waals surface area contributed by atoms with Gasteiger partial charge in [0.05, 0.1) is 12.4 Å². The van der Waals surface area contributed by atoms with Crippen LogP contribution in [-0.2, 0) is 11.8 Å². The number of carbonyl (C=O) groups is 1. The van der Waals surface area contributed by atoms with Crippen LogP contribution in [0.2, 0.25) is 0 Å². The number of benzene rings is 2. The minimum atomic E-state index is -0.167. The van der Waals surface area contributed by atoms with Crippen molar-refractivity contribution in [2.24, 2.45) is 7.05 Å². The lowest BCUT2D eigenvalue weighted by atomic mass is 9.93. The fourth-order valence-electron chi connectivity index (χ4n) is 3.90. The minimum absolute atomic E-state index is 0.0368. The lowest BCUT2D eigenvalue weighted by Crippen LogP contribution is -2.46. The summed E-state index contributed by atoms with van der Waals surface area (Å²) in [5.74, 6) is -0.0368. The van der Waals surface area contributed by atoms with Crippen molar-refractivity contribution in [2.45, 2.75) is 24.9 Å². The number of aryl methyl sites for hydroxylation is 1. The summed E-state index contributed by atoms with van der Waals surface area (Å²) >= 11 is 0. The Balaban J connectivity index is 1.82. The Morgan fingerprint density at radius 2 is 1.61 bits per heavy atom. The minimum Gasteiger partial charge on any atom is -0.381 e. The molecule has 5 heteroatoms. The molecule has 4 rings (SSSR count). The first kappa shape index (κ1) is 18.4. The maximum atomic E-state index is 13.7. The maximum Gasteiger partial charge on any atom is 0.275 e. The summed E-state index contributed by atoms with van der Waals surface area (Å²) in [6.07, 6.45) is 5.13. The van der Waals surface area contributed by atoms with E-state index in [4.69, 9.17) is 4.74 Å². The standard InChI is InChI=1S/C23H25N3O2/c1-25-16-21(24-17-25)23(27)26(20-12-14-28-15-13-20)22(18-8-4-2-5-9-18)19-10-6-3-7-11-19/h2-11,16-17,20,22H,12-15H2,1H3. The van der Waals surface area contributed by atoms with Gasteiger partial charge in [-0.25, -0.2) is 4.98 Å². The number of imidazole rings is 1. The average molecular weight is 375 g/mol. The van der Waals surface area contributed by atoms with Gasteiger partial charge in [0.2, 0.25) is 0 Å². The summed E-state index contributed by atoms with van der Waals surface area (Å²) in [5.41, 5.74) is 2.68. The third-order valence-corrected chi connectivity index (χ3v) is 5.25. The van der Waals surface area contributed by atoms with E-state index < -0.39 is 0 Å². The Labute approximate surface area is 165 Å². The third-order valence-electron chi connectivity index (χ3n) is 5.25. The first-order chi connectivity index (χ1) is 13.7. The Morgan fingerprint density at radius 1 is 1.04 bits per heavy atom. The number of aromatic nitrogens is 2. The molecule has 0 atom stereocenters. The number of carbonyl (C=O) groups excluding carboxylic acids is 1. The molecule has 1 amide bonds. The van der Waals surface area contributed by atoms with E-state index in [0.717, 1.165) is 24.0 Å². The average Bonchev–Trinajstić information content (AvgIpc) is 3.20. The highest BCUT2D eigenvalue weighted by Gasteiger charge is 2.35. The number of hydrogen-bond acceptors (Lipinski definition) is 3. The van der Waals surface area contributed by atoms with Crippen molar-refractivity contribution in [1.29, 1.82) is 0 Å². The second-order valence-electron chi connectivity index (χ2n) is 7.20. The molecule has 3 aromatic rings. The highest BCUT2D eigenvalue weighted by molar-refractivity contribution is 5.93. The van der Waals surface area contributed by atoms with Crippen LogP contribution in [0.3, 0.4) is 0 Å². The van der Waals surface area contributed by atoms with Gasteiger partial charge >= 0.3 is 0 Å². The van der Waals surface area contributed by atoms with Crippen molar-refractivity contribution in [1.82, 2.24) is 14.5 Å². The van der Waals surface area contributed by atoms with Gasteiger partial charge in [-0.15, -0.1) is 0 Å². The van der Waals surface area contributed by atoms with E-state index in [1.54, 1.807) is 12.5 Å². The third kappa shape index (κ3) is 3.85. The van der Waals surface area contributed by atoms with Crippen LogP contribution in [-0.4, -0.2) is 39.6 Å². The van der Waals surface area contributed by atoms with E-state index in [0.29, 0.717) is 18.9 Å². The van der Waals surface area contributed by atoms with Gasteiger partial charge in [-0.3, -0.25) is 4.79 Å². The zero-order valence-corrected chi connectivity index (χ0v) is 16.1. The molecule has 0 bridgehead atoms. The number of amides is 1. The van der Waals surface area contributed by atoms with Crippen LogP contribution in [0.5, 0.6) is 0 Å². The molecule has 2 heterocycles. The van der Waals surface area contributed by atoms with Gasteiger partial charge < -0.3 is 14.2 Å². The van der Waals surface area contributed by atoms with Crippen molar-refractivity contribution in [2.75, 3.05) is 13.2 Å². The number of hydrogen-bond donors (Lipinski definition) is 0. The van der Waals surface area contributed by atoms with Crippen LogP contribution < -0.4 is 0 Å². The second-order valence-corrected chi connectivity index (χ2v) is 7.20. The predicted molar refractivity (Wildman–Crippen MR) is 108 cm³/mol. The van der Waals surface area contributed by atoms with Gasteiger partial charge in [-0.1, -0.05) is 60.7 Å². The molecule has 0 N–H and O–H groups in total. The molecule has 1 saturated heterocycles.